The van der Waals surface area contributed by atoms with Gasteiger partial charge in [0.25, 0.3) is 0 Å². The zero-order chi connectivity index (χ0) is 15.3. The summed E-state index contributed by atoms with van der Waals surface area (Å²) in [5.41, 5.74) is 0.454. The van der Waals surface area contributed by atoms with E-state index >= 15 is 0 Å². The average Bonchev–Trinajstić information content (AvgIpc) is 2.47. The summed E-state index contributed by atoms with van der Waals surface area (Å²) in [4.78, 5) is 0. The number of nitrogens with one attached hydrogen (secondary N) is 1. The van der Waals surface area contributed by atoms with Crippen molar-refractivity contribution >= 4 is 11.6 Å². The number of rotatable bonds is 6. The molecule has 1 aliphatic carbocycles. The molecule has 1 aliphatic rings. The fourth-order valence-corrected chi connectivity index (χ4v) is 3.21. The van der Waals surface area contributed by atoms with Gasteiger partial charge >= 0.3 is 0 Å². The zero-order valence-electron chi connectivity index (χ0n) is 12.7. The minimum absolute atomic E-state index is 0.532. The van der Waals surface area contributed by atoms with Gasteiger partial charge in [-0.15, -0.1) is 0 Å². The molecule has 1 aromatic rings. The van der Waals surface area contributed by atoms with E-state index in [1.807, 2.05) is 12.1 Å². The molecule has 0 amide bonds. The number of ether oxygens (including phenoxy) is 2. The lowest BCUT2D eigenvalue weighted by atomic mass is 9.85. The van der Waals surface area contributed by atoms with Crippen molar-refractivity contribution in [3.05, 3.63) is 22.7 Å². The van der Waals surface area contributed by atoms with Crippen LogP contribution in [0.1, 0.15) is 37.7 Å². The van der Waals surface area contributed by atoms with Crippen LogP contribution in [0.25, 0.3) is 0 Å². The molecule has 0 heterocycles. The van der Waals surface area contributed by atoms with E-state index in [4.69, 9.17) is 21.1 Å². The second-order valence-electron chi connectivity index (χ2n) is 5.70. The summed E-state index contributed by atoms with van der Waals surface area (Å²) in [5, 5.41) is 14.3. The van der Waals surface area contributed by atoms with Crippen LogP contribution >= 0.6 is 11.6 Å². The number of hydrogen-bond donors (Lipinski definition) is 2. The monoisotopic (exact) mass is 313 g/mol. The Hall–Kier alpha value is -0.970. The minimum atomic E-state index is -0.557. The number of halogens is 1. The molecule has 4 nitrogen and oxygen atoms in total. The molecule has 0 spiro atoms. The second kappa shape index (κ2) is 7.34. The molecule has 1 saturated carbocycles. The quantitative estimate of drug-likeness (QED) is 0.847. The van der Waals surface area contributed by atoms with Crippen molar-refractivity contribution in [1.82, 2.24) is 5.32 Å². The van der Waals surface area contributed by atoms with Gasteiger partial charge in [0.05, 0.1) is 24.8 Å². The Balaban J connectivity index is 1.95. The average molecular weight is 314 g/mol. The first-order valence-corrected chi connectivity index (χ1v) is 7.79. The Morgan fingerprint density at radius 3 is 2.52 bits per heavy atom. The van der Waals surface area contributed by atoms with Gasteiger partial charge in [0.1, 0.15) is 0 Å². The molecule has 0 radical (unpaired) electrons. The van der Waals surface area contributed by atoms with Gasteiger partial charge in [-0.05, 0) is 30.5 Å². The maximum Gasteiger partial charge on any atom is 0.179 e. The van der Waals surface area contributed by atoms with Gasteiger partial charge in [-0.1, -0.05) is 30.9 Å². The first-order chi connectivity index (χ1) is 10.1. The van der Waals surface area contributed by atoms with Gasteiger partial charge in [0.15, 0.2) is 11.5 Å². The van der Waals surface area contributed by atoms with Crippen molar-refractivity contribution < 1.29 is 14.6 Å². The third-order valence-corrected chi connectivity index (χ3v) is 4.34. The van der Waals surface area contributed by atoms with Gasteiger partial charge < -0.3 is 19.9 Å². The van der Waals surface area contributed by atoms with E-state index < -0.39 is 5.60 Å². The molecule has 0 aliphatic heterocycles. The van der Waals surface area contributed by atoms with Crippen molar-refractivity contribution in [3.8, 4) is 11.5 Å². The van der Waals surface area contributed by atoms with Crippen LogP contribution in [0, 0.1) is 0 Å². The fraction of sp³-hybridized carbons (Fsp3) is 0.625. The fourth-order valence-electron chi connectivity index (χ4n) is 2.90. The van der Waals surface area contributed by atoms with Crippen LogP contribution in [0.4, 0.5) is 0 Å². The highest BCUT2D eigenvalue weighted by atomic mass is 35.5. The Morgan fingerprint density at radius 2 is 1.90 bits per heavy atom. The second-order valence-corrected chi connectivity index (χ2v) is 6.11. The third kappa shape index (κ3) is 4.25. The van der Waals surface area contributed by atoms with E-state index in [0.717, 1.165) is 31.2 Å². The van der Waals surface area contributed by atoms with Crippen molar-refractivity contribution in [2.45, 2.75) is 44.2 Å². The van der Waals surface area contributed by atoms with Gasteiger partial charge in [-0.2, -0.15) is 0 Å². The zero-order valence-corrected chi connectivity index (χ0v) is 13.5. The SMILES string of the molecule is COc1cc(CNCC2(O)CCCCC2)cc(Cl)c1OC. The number of hydrogen-bond acceptors (Lipinski definition) is 4. The lowest BCUT2D eigenvalue weighted by molar-refractivity contribution is 0.00467. The van der Waals surface area contributed by atoms with E-state index in [0.29, 0.717) is 29.6 Å². The Labute approximate surface area is 131 Å². The summed E-state index contributed by atoms with van der Waals surface area (Å²) < 4.78 is 10.5. The lowest BCUT2D eigenvalue weighted by Crippen LogP contribution is -2.41. The Bertz CT molecular complexity index is 473. The molecule has 0 aromatic heterocycles. The topological polar surface area (TPSA) is 50.7 Å². The van der Waals surface area contributed by atoms with Gasteiger partial charge in [0, 0.05) is 13.1 Å². The molecule has 0 atom stereocenters. The van der Waals surface area contributed by atoms with Crippen LogP contribution in [-0.2, 0) is 6.54 Å². The van der Waals surface area contributed by atoms with Crippen molar-refractivity contribution in [2.24, 2.45) is 0 Å². The molecule has 21 heavy (non-hydrogen) atoms. The highest BCUT2D eigenvalue weighted by molar-refractivity contribution is 6.32. The molecular weight excluding hydrogens is 290 g/mol. The van der Waals surface area contributed by atoms with Crippen LogP contribution in [-0.4, -0.2) is 31.5 Å². The molecule has 118 valence electrons. The predicted octanol–water partition coefficient (Wildman–Crippen LogP) is 3.14. The predicted molar refractivity (Wildman–Crippen MR) is 84.3 cm³/mol. The standard InChI is InChI=1S/C16H24ClNO3/c1-20-14-9-12(8-13(17)15(14)21-2)10-18-11-16(19)6-4-3-5-7-16/h8-9,18-19H,3-7,10-11H2,1-2H3. The summed E-state index contributed by atoms with van der Waals surface area (Å²) in [7, 11) is 3.16. The minimum Gasteiger partial charge on any atom is -0.493 e. The van der Waals surface area contributed by atoms with Crippen molar-refractivity contribution in [3.63, 3.8) is 0 Å². The van der Waals surface area contributed by atoms with Crippen LogP contribution in [0.5, 0.6) is 11.5 Å². The molecule has 0 bridgehead atoms. The molecule has 2 rings (SSSR count). The normalized spacial score (nSPS) is 17.5. The smallest absolute Gasteiger partial charge is 0.179 e. The molecule has 1 aromatic carbocycles. The highest BCUT2D eigenvalue weighted by Gasteiger charge is 2.28. The third-order valence-electron chi connectivity index (χ3n) is 4.06. The largest absolute Gasteiger partial charge is 0.493 e. The first-order valence-electron chi connectivity index (χ1n) is 7.41. The molecule has 0 unspecified atom stereocenters. The van der Waals surface area contributed by atoms with Gasteiger partial charge in [0.2, 0.25) is 0 Å². The lowest BCUT2D eigenvalue weighted by Gasteiger charge is -2.32. The summed E-state index contributed by atoms with van der Waals surface area (Å²) >= 11 is 6.19. The van der Waals surface area contributed by atoms with Crippen LogP contribution in [0.15, 0.2) is 12.1 Å². The van der Waals surface area contributed by atoms with Crippen LogP contribution in [0.2, 0.25) is 5.02 Å². The summed E-state index contributed by atoms with van der Waals surface area (Å²) in [6.07, 6.45) is 5.22. The number of methoxy groups -OCH3 is 2. The van der Waals surface area contributed by atoms with Gasteiger partial charge in [-0.25, -0.2) is 0 Å². The van der Waals surface area contributed by atoms with Crippen LogP contribution in [0.3, 0.4) is 0 Å². The Kier molecular flexibility index (Phi) is 5.73. The van der Waals surface area contributed by atoms with Gasteiger partial charge in [-0.3, -0.25) is 0 Å². The summed E-state index contributed by atoms with van der Waals surface area (Å²) in [5.74, 6) is 1.17. The molecule has 0 saturated heterocycles. The maximum atomic E-state index is 10.5. The first kappa shape index (κ1) is 16.4. The van der Waals surface area contributed by atoms with Crippen LogP contribution < -0.4 is 14.8 Å². The summed E-state index contributed by atoms with van der Waals surface area (Å²) in [6, 6.07) is 3.77. The van der Waals surface area contributed by atoms with Crippen molar-refractivity contribution in [1.29, 1.82) is 0 Å². The van der Waals surface area contributed by atoms with E-state index in [1.54, 1.807) is 14.2 Å². The molecular formula is C16H24ClNO3. The van der Waals surface area contributed by atoms with E-state index in [2.05, 4.69) is 5.32 Å². The Morgan fingerprint density at radius 1 is 1.19 bits per heavy atom. The molecule has 2 N–H and O–H groups in total. The van der Waals surface area contributed by atoms with E-state index in [1.165, 1.54) is 6.42 Å². The molecule has 5 heteroatoms. The van der Waals surface area contributed by atoms with E-state index in [-0.39, 0.29) is 0 Å². The van der Waals surface area contributed by atoms with Crippen molar-refractivity contribution in [2.75, 3.05) is 20.8 Å². The summed E-state index contributed by atoms with van der Waals surface area (Å²) in [6.45, 7) is 1.25. The van der Waals surface area contributed by atoms with E-state index in [9.17, 15) is 5.11 Å². The highest BCUT2D eigenvalue weighted by Crippen LogP contribution is 2.36. The maximum absolute atomic E-state index is 10.5. The number of benzene rings is 1. The molecule has 1 fully saturated rings. The number of aliphatic hydroxyl groups is 1.